The molecule has 2 unspecified atom stereocenters. The van der Waals surface area contributed by atoms with Crippen LogP contribution in [0.5, 0.6) is 11.5 Å². The molecule has 1 saturated heterocycles. The predicted molar refractivity (Wildman–Crippen MR) is 124 cm³/mol. The third kappa shape index (κ3) is 7.84. The maximum absolute atomic E-state index is 6.47. The number of nitrogens with zero attached hydrogens (tertiary/aromatic N) is 1. The van der Waals surface area contributed by atoms with Gasteiger partial charge < -0.3 is 23.8 Å². The Hall–Kier alpha value is -2.08. The van der Waals surface area contributed by atoms with Crippen LogP contribution in [0.3, 0.4) is 0 Å². The van der Waals surface area contributed by atoms with E-state index in [0.29, 0.717) is 19.8 Å². The van der Waals surface area contributed by atoms with E-state index in [0.717, 1.165) is 43.1 Å². The van der Waals surface area contributed by atoms with Crippen LogP contribution in [-0.2, 0) is 16.1 Å². The number of piperidine rings is 1. The summed E-state index contributed by atoms with van der Waals surface area (Å²) in [5, 5.41) is 0. The molecule has 0 spiro atoms. The number of benzene rings is 2. The molecule has 1 heterocycles. The van der Waals surface area contributed by atoms with Crippen LogP contribution >= 0.6 is 0 Å². The van der Waals surface area contributed by atoms with Gasteiger partial charge in [-0.2, -0.15) is 0 Å². The number of rotatable bonds is 13. The smallest absolute Gasteiger partial charge is 0.161 e. The maximum Gasteiger partial charge on any atom is 0.161 e. The minimum Gasteiger partial charge on any atom is -0.485 e. The van der Waals surface area contributed by atoms with Crippen LogP contribution < -0.4 is 9.47 Å². The zero-order valence-corrected chi connectivity index (χ0v) is 19.0. The van der Waals surface area contributed by atoms with Crippen LogP contribution in [-0.4, -0.2) is 57.1 Å². The zero-order valence-electron chi connectivity index (χ0n) is 19.0. The quantitative estimate of drug-likeness (QED) is 0.424. The van der Waals surface area contributed by atoms with E-state index in [2.05, 4.69) is 24.0 Å². The van der Waals surface area contributed by atoms with Crippen molar-refractivity contribution >= 4 is 0 Å². The van der Waals surface area contributed by atoms with Crippen molar-refractivity contribution in [3.63, 3.8) is 0 Å². The Kier molecular flexibility index (Phi) is 10.2. The first kappa shape index (κ1) is 23.6. The zero-order chi connectivity index (χ0) is 21.7. The van der Waals surface area contributed by atoms with Crippen molar-refractivity contribution in [1.29, 1.82) is 0 Å². The lowest BCUT2D eigenvalue weighted by Crippen LogP contribution is -2.50. The summed E-state index contributed by atoms with van der Waals surface area (Å²) in [6, 6.07) is 18.1. The summed E-state index contributed by atoms with van der Waals surface area (Å²) in [6.07, 6.45) is 4.72. The molecular weight excluding hydrogens is 390 g/mol. The van der Waals surface area contributed by atoms with Gasteiger partial charge in [0.25, 0.3) is 0 Å². The van der Waals surface area contributed by atoms with E-state index in [1.165, 1.54) is 19.3 Å². The van der Waals surface area contributed by atoms with Gasteiger partial charge in [-0.25, -0.2) is 0 Å². The molecule has 0 N–H and O–H groups in total. The van der Waals surface area contributed by atoms with Crippen molar-refractivity contribution in [2.24, 2.45) is 0 Å². The summed E-state index contributed by atoms with van der Waals surface area (Å²) in [5.41, 5.74) is 1.14. The van der Waals surface area contributed by atoms with Crippen molar-refractivity contribution in [3.8, 4) is 11.5 Å². The molecule has 1 aliphatic heterocycles. The molecule has 2 atom stereocenters. The van der Waals surface area contributed by atoms with Gasteiger partial charge in [-0.15, -0.1) is 0 Å². The van der Waals surface area contributed by atoms with E-state index in [9.17, 15) is 0 Å². The topological polar surface area (TPSA) is 40.2 Å². The van der Waals surface area contributed by atoms with Gasteiger partial charge in [-0.3, -0.25) is 0 Å². The molecule has 0 radical (unpaired) electrons. The summed E-state index contributed by atoms with van der Waals surface area (Å²) < 4.78 is 23.9. The lowest BCUT2D eigenvalue weighted by molar-refractivity contribution is -0.0800. The van der Waals surface area contributed by atoms with Gasteiger partial charge >= 0.3 is 0 Å². The van der Waals surface area contributed by atoms with Gasteiger partial charge in [-0.1, -0.05) is 62.2 Å². The Morgan fingerprint density at radius 2 is 1.68 bits per heavy atom. The minimum absolute atomic E-state index is 0.000701. The molecule has 5 nitrogen and oxygen atoms in total. The Bertz CT molecular complexity index is 739. The normalized spacial score (nSPS) is 19.3. The highest BCUT2D eigenvalue weighted by Crippen LogP contribution is 2.31. The fraction of sp³-hybridized carbons (Fsp3) is 0.538. The Balaban J connectivity index is 1.62. The fourth-order valence-electron chi connectivity index (χ4n) is 3.89. The predicted octanol–water partition coefficient (Wildman–Crippen LogP) is 4.94. The van der Waals surface area contributed by atoms with Crippen LogP contribution in [0.2, 0.25) is 0 Å². The minimum atomic E-state index is 0.000701. The molecule has 1 aliphatic rings. The Morgan fingerprint density at radius 3 is 2.45 bits per heavy atom. The second-order valence-electron chi connectivity index (χ2n) is 8.08. The Morgan fingerprint density at radius 1 is 0.903 bits per heavy atom. The van der Waals surface area contributed by atoms with E-state index in [1.54, 1.807) is 7.11 Å². The number of ether oxygens (including phenoxy) is 4. The summed E-state index contributed by atoms with van der Waals surface area (Å²) in [5.74, 6) is 1.55. The summed E-state index contributed by atoms with van der Waals surface area (Å²) in [7, 11) is 1.70. The first-order valence-electron chi connectivity index (χ1n) is 11.6. The highest BCUT2D eigenvalue weighted by atomic mass is 16.6. The van der Waals surface area contributed by atoms with Crippen LogP contribution in [0.15, 0.2) is 54.6 Å². The second kappa shape index (κ2) is 13.4. The average molecular weight is 428 g/mol. The van der Waals surface area contributed by atoms with Gasteiger partial charge in [0.05, 0.1) is 13.2 Å². The maximum atomic E-state index is 6.47. The van der Waals surface area contributed by atoms with Crippen molar-refractivity contribution in [1.82, 2.24) is 4.90 Å². The highest BCUT2D eigenvalue weighted by Gasteiger charge is 2.32. The average Bonchev–Trinajstić information content (AvgIpc) is 2.81. The molecular formula is C26H37NO4. The van der Waals surface area contributed by atoms with Crippen molar-refractivity contribution < 1.29 is 18.9 Å². The number of hydrogen-bond acceptors (Lipinski definition) is 5. The lowest BCUT2D eigenvalue weighted by Gasteiger charge is -2.38. The molecule has 0 saturated carbocycles. The van der Waals surface area contributed by atoms with Gasteiger partial charge in [0, 0.05) is 20.2 Å². The molecule has 3 rings (SSSR count). The first-order chi connectivity index (χ1) is 15.3. The third-order valence-corrected chi connectivity index (χ3v) is 5.64. The SMILES string of the molecule is CCCCCN1CCC(Oc2ccccc2OCc2ccccc2)C(OCCOC)C1. The van der Waals surface area contributed by atoms with Gasteiger partial charge in [0.15, 0.2) is 11.5 Å². The molecule has 0 amide bonds. The number of likely N-dealkylation sites (tertiary alicyclic amines) is 1. The molecule has 0 aromatic heterocycles. The molecule has 1 fully saturated rings. The number of unbranched alkanes of at least 4 members (excludes halogenated alkanes) is 2. The summed E-state index contributed by atoms with van der Waals surface area (Å²) >= 11 is 0. The molecule has 2 aromatic rings. The molecule has 0 aliphatic carbocycles. The highest BCUT2D eigenvalue weighted by molar-refractivity contribution is 5.40. The fourth-order valence-corrected chi connectivity index (χ4v) is 3.89. The van der Waals surface area contributed by atoms with Crippen molar-refractivity contribution in [3.05, 3.63) is 60.2 Å². The van der Waals surface area contributed by atoms with E-state index in [1.807, 2.05) is 42.5 Å². The molecule has 31 heavy (non-hydrogen) atoms. The van der Waals surface area contributed by atoms with Crippen molar-refractivity contribution in [2.75, 3.05) is 40.0 Å². The van der Waals surface area contributed by atoms with Crippen LogP contribution in [0.4, 0.5) is 0 Å². The number of hydrogen-bond donors (Lipinski definition) is 0. The van der Waals surface area contributed by atoms with Gasteiger partial charge in [0.1, 0.15) is 18.8 Å². The van der Waals surface area contributed by atoms with Crippen LogP contribution in [0.25, 0.3) is 0 Å². The molecule has 2 aromatic carbocycles. The van der Waals surface area contributed by atoms with Crippen LogP contribution in [0.1, 0.15) is 38.2 Å². The van der Waals surface area contributed by atoms with Crippen LogP contribution in [0, 0.1) is 0 Å². The van der Waals surface area contributed by atoms with E-state index in [4.69, 9.17) is 18.9 Å². The monoisotopic (exact) mass is 427 g/mol. The lowest BCUT2D eigenvalue weighted by atomic mass is 10.0. The largest absolute Gasteiger partial charge is 0.485 e. The number of methoxy groups -OCH3 is 1. The van der Waals surface area contributed by atoms with Crippen molar-refractivity contribution in [2.45, 2.75) is 51.4 Å². The van der Waals surface area contributed by atoms with E-state index in [-0.39, 0.29) is 12.2 Å². The molecule has 5 heteroatoms. The summed E-state index contributed by atoms with van der Waals surface area (Å²) in [4.78, 5) is 2.50. The van der Waals surface area contributed by atoms with E-state index < -0.39 is 0 Å². The van der Waals surface area contributed by atoms with E-state index >= 15 is 0 Å². The van der Waals surface area contributed by atoms with Gasteiger partial charge in [-0.05, 0) is 37.1 Å². The standard InChI is InChI=1S/C26H37NO4/c1-3-4-10-16-27-17-15-25(26(20-27)29-19-18-28-2)31-24-14-9-8-13-23(24)30-21-22-11-6-5-7-12-22/h5-9,11-14,25-26H,3-4,10,15-21H2,1-2H3. The second-order valence-corrected chi connectivity index (χ2v) is 8.08. The molecule has 0 bridgehead atoms. The first-order valence-corrected chi connectivity index (χ1v) is 11.6. The third-order valence-electron chi connectivity index (χ3n) is 5.64. The molecule has 170 valence electrons. The van der Waals surface area contributed by atoms with Gasteiger partial charge in [0.2, 0.25) is 0 Å². The summed E-state index contributed by atoms with van der Waals surface area (Å²) in [6.45, 7) is 6.99. The number of para-hydroxylation sites is 2. The Labute approximate surface area is 187 Å².